The van der Waals surface area contributed by atoms with Gasteiger partial charge >= 0.3 is 0 Å². The second kappa shape index (κ2) is 6.24. The molecule has 1 aromatic heterocycles. The number of aromatic nitrogens is 2. The van der Waals surface area contributed by atoms with Gasteiger partial charge in [-0.15, -0.1) is 0 Å². The summed E-state index contributed by atoms with van der Waals surface area (Å²) < 4.78 is 6.95. The molecule has 6 heteroatoms. The highest BCUT2D eigenvalue weighted by molar-refractivity contribution is 5.77. The Morgan fingerprint density at radius 2 is 2.44 bits per heavy atom. The van der Waals surface area contributed by atoms with E-state index in [4.69, 9.17) is 10.5 Å². The van der Waals surface area contributed by atoms with Crippen molar-refractivity contribution in [1.29, 1.82) is 0 Å². The van der Waals surface area contributed by atoms with E-state index >= 15 is 0 Å². The smallest absolute Gasteiger partial charge is 0.248 e. The molecule has 0 fully saturated rings. The molecule has 1 amide bonds. The predicted molar refractivity (Wildman–Crippen MR) is 59.6 cm³/mol. The summed E-state index contributed by atoms with van der Waals surface area (Å²) in [6.45, 7) is 1.38. The Kier molecular flexibility index (Phi) is 4.94. The molecular formula is C10H18N4O2. The Balaban J connectivity index is 2.37. The standard InChI is InChI=1S/C10H18N4O2/c1-13-5-4-12-9(13)7-14(2)10(15)8-16-6-3-11/h4-5H,3,6-8,11H2,1-2H3. The molecule has 0 unspecified atom stereocenters. The average molecular weight is 226 g/mol. The number of ether oxygens (including phenoxy) is 1. The normalized spacial score (nSPS) is 10.4. The molecule has 0 atom stereocenters. The van der Waals surface area contributed by atoms with Crippen LogP contribution < -0.4 is 5.73 Å². The summed E-state index contributed by atoms with van der Waals surface area (Å²) in [4.78, 5) is 17.3. The van der Waals surface area contributed by atoms with Crippen LogP contribution in [-0.2, 0) is 23.1 Å². The van der Waals surface area contributed by atoms with E-state index in [0.29, 0.717) is 19.7 Å². The van der Waals surface area contributed by atoms with Crippen molar-refractivity contribution in [2.75, 3.05) is 26.8 Å². The Labute approximate surface area is 95.0 Å². The third-order valence-corrected chi connectivity index (χ3v) is 2.21. The molecule has 16 heavy (non-hydrogen) atoms. The Hall–Kier alpha value is -1.40. The van der Waals surface area contributed by atoms with Crippen LogP contribution in [0.25, 0.3) is 0 Å². The molecule has 0 aromatic carbocycles. The number of aryl methyl sites for hydroxylation is 1. The second-order valence-electron chi connectivity index (χ2n) is 3.55. The van der Waals surface area contributed by atoms with E-state index in [1.807, 2.05) is 17.8 Å². The molecule has 1 heterocycles. The molecule has 0 spiro atoms. The maximum atomic E-state index is 11.6. The average Bonchev–Trinajstić information content (AvgIpc) is 2.64. The van der Waals surface area contributed by atoms with Crippen molar-refractivity contribution in [2.24, 2.45) is 12.8 Å². The minimum atomic E-state index is -0.0727. The number of amides is 1. The summed E-state index contributed by atoms with van der Waals surface area (Å²) in [7, 11) is 3.62. The molecule has 0 aliphatic rings. The van der Waals surface area contributed by atoms with Gasteiger partial charge in [0.2, 0.25) is 5.91 Å². The zero-order valence-electron chi connectivity index (χ0n) is 9.72. The largest absolute Gasteiger partial charge is 0.370 e. The molecule has 6 nitrogen and oxygen atoms in total. The number of imidazole rings is 1. The summed E-state index contributed by atoms with van der Waals surface area (Å²) in [6.07, 6.45) is 3.55. The van der Waals surface area contributed by atoms with Gasteiger partial charge < -0.3 is 19.9 Å². The first-order valence-corrected chi connectivity index (χ1v) is 5.13. The van der Waals surface area contributed by atoms with E-state index < -0.39 is 0 Å². The van der Waals surface area contributed by atoms with Gasteiger partial charge in [-0.05, 0) is 0 Å². The minimum absolute atomic E-state index is 0.0676. The summed E-state index contributed by atoms with van der Waals surface area (Å²) in [6, 6.07) is 0. The van der Waals surface area contributed by atoms with Gasteiger partial charge in [0.05, 0.1) is 13.2 Å². The molecule has 1 rings (SSSR count). The molecule has 1 aromatic rings. The van der Waals surface area contributed by atoms with Gasteiger partial charge in [-0.1, -0.05) is 0 Å². The van der Waals surface area contributed by atoms with E-state index in [1.54, 1.807) is 18.1 Å². The zero-order chi connectivity index (χ0) is 12.0. The molecule has 0 saturated heterocycles. The lowest BCUT2D eigenvalue weighted by atomic mass is 10.5. The molecule has 2 N–H and O–H groups in total. The van der Waals surface area contributed by atoms with Crippen molar-refractivity contribution in [1.82, 2.24) is 14.5 Å². The monoisotopic (exact) mass is 226 g/mol. The Bertz CT molecular complexity index is 337. The van der Waals surface area contributed by atoms with E-state index in [0.717, 1.165) is 5.82 Å². The number of hydrogen-bond acceptors (Lipinski definition) is 4. The fourth-order valence-electron chi connectivity index (χ4n) is 1.20. The van der Waals surface area contributed by atoms with Gasteiger partial charge in [-0.3, -0.25) is 4.79 Å². The van der Waals surface area contributed by atoms with E-state index in [-0.39, 0.29) is 12.5 Å². The third kappa shape index (κ3) is 3.63. The van der Waals surface area contributed by atoms with Crippen LogP contribution in [-0.4, -0.2) is 47.2 Å². The fourth-order valence-corrected chi connectivity index (χ4v) is 1.20. The van der Waals surface area contributed by atoms with Crippen LogP contribution >= 0.6 is 0 Å². The summed E-state index contributed by atoms with van der Waals surface area (Å²) in [5, 5.41) is 0. The molecule has 0 saturated carbocycles. The van der Waals surface area contributed by atoms with E-state index in [2.05, 4.69) is 4.98 Å². The zero-order valence-corrected chi connectivity index (χ0v) is 9.72. The number of likely N-dealkylation sites (N-methyl/N-ethyl adjacent to an activating group) is 1. The molecule has 0 radical (unpaired) electrons. The highest BCUT2D eigenvalue weighted by Gasteiger charge is 2.11. The van der Waals surface area contributed by atoms with Gasteiger partial charge in [-0.25, -0.2) is 4.98 Å². The summed E-state index contributed by atoms with van der Waals surface area (Å²) in [5.41, 5.74) is 5.26. The number of carbonyl (C=O) groups is 1. The highest BCUT2D eigenvalue weighted by Crippen LogP contribution is 1.99. The van der Waals surface area contributed by atoms with Gasteiger partial charge in [0.25, 0.3) is 0 Å². The van der Waals surface area contributed by atoms with Crippen molar-refractivity contribution in [3.8, 4) is 0 Å². The van der Waals surface area contributed by atoms with E-state index in [9.17, 15) is 4.79 Å². The molecular weight excluding hydrogens is 208 g/mol. The van der Waals surface area contributed by atoms with Crippen molar-refractivity contribution in [3.05, 3.63) is 18.2 Å². The lowest BCUT2D eigenvalue weighted by molar-refractivity contribution is -0.135. The van der Waals surface area contributed by atoms with Gasteiger partial charge in [0, 0.05) is 33.0 Å². The van der Waals surface area contributed by atoms with Crippen LogP contribution in [0.2, 0.25) is 0 Å². The SMILES string of the molecule is CN(Cc1nccn1C)C(=O)COCCN. The van der Waals surface area contributed by atoms with Crippen LogP contribution in [0.4, 0.5) is 0 Å². The van der Waals surface area contributed by atoms with Crippen LogP contribution in [0.15, 0.2) is 12.4 Å². The first kappa shape index (κ1) is 12.7. The maximum Gasteiger partial charge on any atom is 0.248 e. The number of nitrogens with zero attached hydrogens (tertiary/aromatic N) is 3. The van der Waals surface area contributed by atoms with Crippen molar-refractivity contribution < 1.29 is 9.53 Å². The van der Waals surface area contributed by atoms with Crippen molar-refractivity contribution in [2.45, 2.75) is 6.54 Å². The third-order valence-electron chi connectivity index (χ3n) is 2.21. The predicted octanol–water partition coefficient (Wildman–Crippen LogP) is -0.646. The minimum Gasteiger partial charge on any atom is -0.370 e. The van der Waals surface area contributed by atoms with Crippen LogP contribution in [0.3, 0.4) is 0 Å². The summed E-state index contributed by atoms with van der Waals surface area (Å²) in [5.74, 6) is 0.770. The number of hydrogen-bond donors (Lipinski definition) is 1. The fraction of sp³-hybridized carbons (Fsp3) is 0.600. The van der Waals surface area contributed by atoms with Gasteiger partial charge in [0.1, 0.15) is 12.4 Å². The number of carbonyl (C=O) groups excluding carboxylic acids is 1. The maximum absolute atomic E-state index is 11.6. The van der Waals surface area contributed by atoms with E-state index in [1.165, 1.54) is 0 Å². The molecule has 0 aliphatic carbocycles. The Morgan fingerprint density at radius 3 is 3.00 bits per heavy atom. The topological polar surface area (TPSA) is 73.4 Å². The molecule has 0 bridgehead atoms. The van der Waals surface area contributed by atoms with Gasteiger partial charge in [0.15, 0.2) is 0 Å². The second-order valence-corrected chi connectivity index (χ2v) is 3.55. The summed E-state index contributed by atoms with van der Waals surface area (Å²) >= 11 is 0. The number of rotatable bonds is 6. The molecule has 0 aliphatic heterocycles. The van der Waals surface area contributed by atoms with Crippen LogP contribution in [0, 0.1) is 0 Å². The molecule has 90 valence electrons. The van der Waals surface area contributed by atoms with Crippen molar-refractivity contribution in [3.63, 3.8) is 0 Å². The van der Waals surface area contributed by atoms with Crippen molar-refractivity contribution >= 4 is 5.91 Å². The Morgan fingerprint density at radius 1 is 1.69 bits per heavy atom. The van der Waals surface area contributed by atoms with Gasteiger partial charge in [-0.2, -0.15) is 0 Å². The van der Waals surface area contributed by atoms with Crippen LogP contribution in [0.1, 0.15) is 5.82 Å². The first-order valence-electron chi connectivity index (χ1n) is 5.13. The quantitative estimate of drug-likeness (QED) is 0.654. The van der Waals surface area contributed by atoms with Crippen LogP contribution in [0.5, 0.6) is 0 Å². The first-order chi connectivity index (χ1) is 7.65. The lowest BCUT2D eigenvalue weighted by Crippen LogP contribution is -2.31. The number of nitrogens with two attached hydrogens (primary N) is 1. The lowest BCUT2D eigenvalue weighted by Gasteiger charge is -2.16. The highest BCUT2D eigenvalue weighted by atomic mass is 16.5.